The number of halogens is 1. The number of nitrogens with zero attached hydrogens (tertiary/aromatic N) is 7. The van der Waals surface area contributed by atoms with Crippen molar-refractivity contribution in [3.8, 4) is 0 Å². The summed E-state index contributed by atoms with van der Waals surface area (Å²) in [5.74, 6) is 0.344. The van der Waals surface area contributed by atoms with Gasteiger partial charge in [-0.25, -0.2) is 19.4 Å². The predicted octanol–water partition coefficient (Wildman–Crippen LogP) is 3.62. The molecule has 2 saturated heterocycles. The van der Waals surface area contributed by atoms with Crippen LogP contribution in [0.25, 0.3) is 21.8 Å². The van der Waals surface area contributed by atoms with Gasteiger partial charge in [0.05, 0.1) is 22.6 Å². The molecule has 1 amide bonds. The number of likely N-dealkylation sites (tertiary alicyclic amines) is 1. The third kappa shape index (κ3) is 3.96. The van der Waals surface area contributed by atoms with Crippen LogP contribution in [0.2, 0.25) is 0 Å². The Morgan fingerprint density at radius 3 is 2.59 bits per heavy atom. The molecule has 0 atom stereocenters. The second-order valence-electron chi connectivity index (χ2n) is 10.3. The summed E-state index contributed by atoms with van der Waals surface area (Å²) in [7, 11) is 3.95. The zero-order chi connectivity index (χ0) is 25.8. The maximum absolute atomic E-state index is 15.4. The molecule has 5 heterocycles. The van der Waals surface area contributed by atoms with Crippen molar-refractivity contribution in [2.45, 2.75) is 32.1 Å². The molecule has 6 rings (SSSR count). The van der Waals surface area contributed by atoms with Gasteiger partial charge in [0.15, 0.2) is 11.6 Å². The number of fused-ring (bicyclic) bond motifs is 3. The molecule has 2 aliphatic rings. The van der Waals surface area contributed by atoms with E-state index in [-0.39, 0.29) is 17.5 Å². The normalized spacial score (nSPS) is 17.4. The molecule has 192 valence electrons. The van der Waals surface area contributed by atoms with Crippen LogP contribution in [0.4, 0.5) is 16.0 Å². The average Bonchev–Trinajstić information content (AvgIpc) is 3.51. The summed E-state index contributed by atoms with van der Waals surface area (Å²) < 4.78 is 17.1. The van der Waals surface area contributed by atoms with Crippen LogP contribution < -0.4 is 10.7 Å². The fourth-order valence-corrected chi connectivity index (χ4v) is 5.72. The Balaban J connectivity index is 1.33. The van der Waals surface area contributed by atoms with Crippen LogP contribution in [0.1, 0.15) is 46.7 Å². The number of carbonyl (C=O) groups is 1. The number of pyridine rings is 2. The van der Waals surface area contributed by atoms with Crippen LogP contribution in [0.5, 0.6) is 0 Å². The lowest BCUT2D eigenvalue weighted by atomic mass is 9.90. The summed E-state index contributed by atoms with van der Waals surface area (Å²) in [5, 5.41) is 9.17. The molecule has 3 aromatic heterocycles. The first-order valence-electron chi connectivity index (χ1n) is 12.8. The summed E-state index contributed by atoms with van der Waals surface area (Å²) in [4.78, 5) is 25.2. The second-order valence-corrected chi connectivity index (χ2v) is 10.3. The Hall–Kier alpha value is -3.79. The Bertz CT molecular complexity index is 1520. The van der Waals surface area contributed by atoms with Gasteiger partial charge in [-0.2, -0.15) is 5.10 Å². The van der Waals surface area contributed by atoms with Crippen molar-refractivity contribution < 1.29 is 9.18 Å². The minimum absolute atomic E-state index is 0.190. The molecule has 0 saturated carbocycles. The quantitative estimate of drug-likeness (QED) is 0.457. The number of benzene rings is 1. The number of rotatable bonds is 3. The summed E-state index contributed by atoms with van der Waals surface area (Å²) in [5.41, 5.74) is 9.94. The van der Waals surface area contributed by atoms with Gasteiger partial charge in [0.1, 0.15) is 5.82 Å². The van der Waals surface area contributed by atoms with E-state index in [1.54, 1.807) is 33.2 Å². The first-order valence-corrected chi connectivity index (χ1v) is 12.8. The van der Waals surface area contributed by atoms with Crippen LogP contribution in [0.15, 0.2) is 30.6 Å². The van der Waals surface area contributed by atoms with Gasteiger partial charge < -0.3 is 10.6 Å². The molecule has 10 heteroatoms. The number of aromatic nitrogens is 4. The SMILES string of the molecule is Cc1cc2nc(N)c3cnn(C)c3c2cc1C(=O)N1CCCN1c1ncc(C2CCN(C)CC2)cc1F. The molecule has 0 spiro atoms. The van der Waals surface area contributed by atoms with Crippen LogP contribution in [0.3, 0.4) is 0 Å². The van der Waals surface area contributed by atoms with Crippen LogP contribution in [-0.4, -0.2) is 68.8 Å². The number of carbonyl (C=O) groups excluding carboxylic acids is 1. The summed E-state index contributed by atoms with van der Waals surface area (Å²) >= 11 is 0. The number of nitrogens with two attached hydrogens (primary N) is 1. The van der Waals surface area contributed by atoms with E-state index in [2.05, 4.69) is 27.0 Å². The van der Waals surface area contributed by atoms with E-state index in [0.717, 1.165) is 59.8 Å². The van der Waals surface area contributed by atoms with Gasteiger partial charge in [-0.15, -0.1) is 0 Å². The molecule has 2 aliphatic heterocycles. The van der Waals surface area contributed by atoms with Crippen molar-refractivity contribution in [2.24, 2.45) is 7.05 Å². The minimum Gasteiger partial charge on any atom is -0.383 e. The second kappa shape index (κ2) is 8.95. The Kier molecular flexibility index (Phi) is 5.71. The van der Waals surface area contributed by atoms with Crippen molar-refractivity contribution in [3.63, 3.8) is 0 Å². The van der Waals surface area contributed by atoms with Crippen LogP contribution >= 0.6 is 0 Å². The van der Waals surface area contributed by atoms with Crippen molar-refractivity contribution in [1.82, 2.24) is 29.7 Å². The predicted molar refractivity (Wildman–Crippen MR) is 142 cm³/mol. The molecule has 1 aromatic carbocycles. The lowest BCUT2D eigenvalue weighted by Crippen LogP contribution is -2.42. The summed E-state index contributed by atoms with van der Waals surface area (Å²) in [6.07, 6.45) is 6.20. The molecule has 2 N–H and O–H groups in total. The van der Waals surface area contributed by atoms with Crippen molar-refractivity contribution in [2.75, 3.05) is 44.0 Å². The van der Waals surface area contributed by atoms with E-state index >= 15 is 4.39 Å². The third-order valence-corrected chi connectivity index (χ3v) is 7.83. The summed E-state index contributed by atoms with van der Waals surface area (Å²) in [6, 6.07) is 5.34. The molecule has 2 fully saturated rings. The Morgan fingerprint density at radius 1 is 1.05 bits per heavy atom. The third-order valence-electron chi connectivity index (χ3n) is 7.83. The van der Waals surface area contributed by atoms with E-state index in [1.165, 1.54) is 0 Å². The number of anilines is 2. The lowest BCUT2D eigenvalue weighted by Gasteiger charge is -2.31. The zero-order valence-corrected chi connectivity index (χ0v) is 21.4. The highest BCUT2D eigenvalue weighted by atomic mass is 19.1. The van der Waals surface area contributed by atoms with Crippen LogP contribution in [-0.2, 0) is 7.05 Å². The summed E-state index contributed by atoms with van der Waals surface area (Å²) in [6.45, 7) is 4.91. The minimum atomic E-state index is -0.386. The number of hydrazine groups is 1. The molecule has 0 bridgehead atoms. The fourth-order valence-electron chi connectivity index (χ4n) is 5.72. The highest BCUT2D eigenvalue weighted by Crippen LogP contribution is 2.33. The van der Waals surface area contributed by atoms with Gasteiger partial charge in [-0.3, -0.25) is 14.5 Å². The van der Waals surface area contributed by atoms with Gasteiger partial charge in [0.2, 0.25) is 0 Å². The number of nitrogen functional groups attached to an aromatic ring is 1. The van der Waals surface area contributed by atoms with Gasteiger partial charge in [-0.05, 0) is 81.6 Å². The maximum atomic E-state index is 15.4. The molecule has 0 unspecified atom stereocenters. The van der Waals surface area contributed by atoms with Gasteiger partial charge in [0, 0.05) is 37.3 Å². The monoisotopic (exact) mass is 502 g/mol. The Morgan fingerprint density at radius 2 is 1.84 bits per heavy atom. The topological polar surface area (TPSA) is 96.4 Å². The molecule has 0 aliphatic carbocycles. The van der Waals surface area contributed by atoms with Gasteiger partial charge in [-0.1, -0.05) is 0 Å². The lowest BCUT2D eigenvalue weighted by molar-refractivity contribution is 0.0773. The zero-order valence-electron chi connectivity index (χ0n) is 21.4. The van der Waals surface area contributed by atoms with E-state index in [0.29, 0.717) is 35.9 Å². The highest BCUT2D eigenvalue weighted by molar-refractivity contribution is 6.10. The number of hydrogen-bond acceptors (Lipinski definition) is 7. The fraction of sp³-hybridized carbons (Fsp3) is 0.407. The molecule has 0 radical (unpaired) electrons. The molecule has 9 nitrogen and oxygen atoms in total. The highest BCUT2D eigenvalue weighted by Gasteiger charge is 2.32. The maximum Gasteiger partial charge on any atom is 0.272 e. The molecule has 37 heavy (non-hydrogen) atoms. The molecular weight excluding hydrogens is 471 g/mol. The first kappa shape index (κ1) is 23.6. The number of aryl methyl sites for hydroxylation is 2. The number of piperidine rings is 1. The largest absolute Gasteiger partial charge is 0.383 e. The van der Waals surface area contributed by atoms with E-state index in [1.807, 2.05) is 26.1 Å². The van der Waals surface area contributed by atoms with Gasteiger partial charge in [0.25, 0.3) is 5.91 Å². The van der Waals surface area contributed by atoms with Crippen molar-refractivity contribution >= 4 is 39.3 Å². The van der Waals surface area contributed by atoms with Gasteiger partial charge >= 0.3 is 0 Å². The molecular formula is C27H31FN8O. The van der Waals surface area contributed by atoms with E-state index < -0.39 is 0 Å². The van der Waals surface area contributed by atoms with Crippen LogP contribution in [0, 0.1) is 12.7 Å². The Labute approximate surface area is 214 Å². The standard InChI is InChI=1S/C27H31FN8O/c1-16-11-23-20(24-21(25(29)32-23)15-31-34(24)3)13-19(16)27(37)36-8-4-7-35(36)26-22(28)12-18(14-30-26)17-5-9-33(2)10-6-17/h11-15,17H,4-10H2,1-3H3,(H2,29,32). The first-order chi connectivity index (χ1) is 17.8. The number of hydrogen-bond donors (Lipinski definition) is 1. The van der Waals surface area contributed by atoms with Crippen molar-refractivity contribution in [1.29, 1.82) is 0 Å². The number of amides is 1. The smallest absolute Gasteiger partial charge is 0.272 e. The molecule has 4 aromatic rings. The van der Waals surface area contributed by atoms with E-state index in [9.17, 15) is 4.79 Å². The van der Waals surface area contributed by atoms with E-state index in [4.69, 9.17) is 5.73 Å². The van der Waals surface area contributed by atoms with Crippen molar-refractivity contribution in [3.05, 3.63) is 53.1 Å². The average molecular weight is 503 g/mol.